The molecule has 0 aliphatic heterocycles. The van der Waals surface area contributed by atoms with Crippen LogP contribution in [0.5, 0.6) is 0 Å². The fraction of sp³-hybridized carbons (Fsp3) is 0.130. The van der Waals surface area contributed by atoms with Crippen molar-refractivity contribution in [3.63, 3.8) is 0 Å². The molecule has 0 saturated heterocycles. The maximum atomic E-state index is 13.3. The molecule has 0 spiro atoms. The summed E-state index contributed by atoms with van der Waals surface area (Å²) >= 11 is 6.10. The molecule has 35 heavy (non-hydrogen) atoms. The Bertz CT molecular complexity index is 1330. The van der Waals surface area contributed by atoms with E-state index in [1.54, 1.807) is 6.07 Å². The van der Waals surface area contributed by atoms with Crippen LogP contribution in [0.4, 0.5) is 30.2 Å². The normalized spacial score (nSPS) is 11.6. The van der Waals surface area contributed by atoms with E-state index in [1.807, 2.05) is 0 Å². The Kier molecular flexibility index (Phi) is 7.71. The van der Waals surface area contributed by atoms with E-state index in [0.717, 1.165) is 12.1 Å². The molecule has 0 heterocycles. The molecule has 7 nitrogen and oxygen atoms in total. The topological polar surface area (TPSA) is 95.6 Å². The zero-order chi connectivity index (χ0) is 25.8. The number of benzene rings is 3. The lowest BCUT2D eigenvalue weighted by Gasteiger charge is -2.26. The van der Waals surface area contributed by atoms with Crippen LogP contribution in [0.2, 0.25) is 5.02 Å². The van der Waals surface area contributed by atoms with Crippen LogP contribution in [0.25, 0.3) is 0 Å². The van der Waals surface area contributed by atoms with Gasteiger partial charge in [-0.15, -0.1) is 0 Å². The van der Waals surface area contributed by atoms with Gasteiger partial charge in [0.2, 0.25) is 11.8 Å². The van der Waals surface area contributed by atoms with Gasteiger partial charge in [-0.25, -0.2) is 8.42 Å². The second-order valence-electron chi connectivity index (χ2n) is 7.30. The van der Waals surface area contributed by atoms with Crippen LogP contribution in [-0.4, -0.2) is 26.8 Å². The van der Waals surface area contributed by atoms with Gasteiger partial charge in [-0.1, -0.05) is 29.8 Å². The molecular weight excluding hydrogens is 507 g/mol. The van der Waals surface area contributed by atoms with E-state index in [-0.39, 0.29) is 21.5 Å². The van der Waals surface area contributed by atoms with Gasteiger partial charge in [-0.2, -0.15) is 13.2 Å². The third-order valence-corrected chi connectivity index (χ3v) is 6.74. The summed E-state index contributed by atoms with van der Waals surface area (Å²) < 4.78 is 67.2. The number of carbonyl (C=O) groups is 2. The summed E-state index contributed by atoms with van der Waals surface area (Å²) in [4.78, 5) is 23.7. The van der Waals surface area contributed by atoms with Gasteiger partial charge in [0.15, 0.2) is 0 Å². The Morgan fingerprint density at radius 2 is 1.49 bits per heavy atom. The van der Waals surface area contributed by atoms with E-state index in [0.29, 0.717) is 16.1 Å². The fourth-order valence-corrected chi connectivity index (χ4v) is 4.79. The first kappa shape index (κ1) is 26.0. The molecule has 0 aliphatic carbocycles. The molecule has 0 aromatic heterocycles. The monoisotopic (exact) mass is 525 g/mol. The zero-order valence-electron chi connectivity index (χ0n) is 18.1. The molecule has 3 aromatic carbocycles. The fourth-order valence-electron chi connectivity index (χ4n) is 3.07. The lowest BCUT2D eigenvalue weighted by atomic mass is 10.2. The van der Waals surface area contributed by atoms with E-state index in [2.05, 4.69) is 10.6 Å². The van der Waals surface area contributed by atoms with Crippen molar-refractivity contribution in [2.24, 2.45) is 0 Å². The number of rotatable bonds is 7. The van der Waals surface area contributed by atoms with E-state index < -0.39 is 39.9 Å². The van der Waals surface area contributed by atoms with Gasteiger partial charge < -0.3 is 10.6 Å². The number of halogens is 4. The molecule has 2 amide bonds. The van der Waals surface area contributed by atoms with Gasteiger partial charge in [0.1, 0.15) is 6.54 Å². The highest BCUT2D eigenvalue weighted by Crippen LogP contribution is 2.37. The lowest BCUT2D eigenvalue weighted by Crippen LogP contribution is -2.38. The van der Waals surface area contributed by atoms with Gasteiger partial charge in [-0.05, 0) is 54.6 Å². The maximum absolute atomic E-state index is 13.3. The van der Waals surface area contributed by atoms with Crippen molar-refractivity contribution < 1.29 is 31.2 Å². The van der Waals surface area contributed by atoms with Crippen LogP contribution >= 0.6 is 11.6 Å². The van der Waals surface area contributed by atoms with E-state index in [9.17, 15) is 31.2 Å². The maximum Gasteiger partial charge on any atom is 0.416 e. The van der Waals surface area contributed by atoms with Crippen molar-refractivity contribution >= 4 is 50.5 Å². The molecule has 0 bridgehead atoms. The quantitative estimate of drug-likeness (QED) is 0.446. The third-order valence-electron chi connectivity index (χ3n) is 4.65. The van der Waals surface area contributed by atoms with Gasteiger partial charge in [0.25, 0.3) is 10.0 Å². The number of hydrogen-bond donors (Lipinski definition) is 2. The number of hydrogen-bond acceptors (Lipinski definition) is 4. The van der Waals surface area contributed by atoms with Crippen molar-refractivity contribution in [3.05, 3.63) is 83.4 Å². The largest absolute Gasteiger partial charge is 0.416 e. The van der Waals surface area contributed by atoms with E-state index in [1.165, 1.54) is 55.5 Å². The molecule has 0 radical (unpaired) electrons. The number of nitrogens with zero attached hydrogens (tertiary/aromatic N) is 1. The van der Waals surface area contributed by atoms with Crippen molar-refractivity contribution in [2.75, 3.05) is 21.5 Å². The summed E-state index contributed by atoms with van der Waals surface area (Å²) in [6.45, 7) is 0.474. The van der Waals surface area contributed by atoms with Crippen LogP contribution in [0.15, 0.2) is 77.7 Å². The molecule has 0 unspecified atom stereocenters. The Morgan fingerprint density at radius 1 is 0.914 bits per heavy atom. The third kappa shape index (κ3) is 6.52. The lowest BCUT2D eigenvalue weighted by molar-refractivity contribution is -0.137. The number of alkyl halides is 3. The van der Waals surface area contributed by atoms with E-state index >= 15 is 0 Å². The van der Waals surface area contributed by atoms with Gasteiger partial charge in [-0.3, -0.25) is 13.9 Å². The summed E-state index contributed by atoms with van der Waals surface area (Å²) in [6, 6.07) is 15.1. The summed E-state index contributed by atoms with van der Waals surface area (Å²) in [6.07, 6.45) is -4.76. The summed E-state index contributed by atoms with van der Waals surface area (Å²) in [5, 5.41) is 4.76. The van der Waals surface area contributed by atoms with Gasteiger partial charge in [0, 0.05) is 18.3 Å². The van der Waals surface area contributed by atoms with E-state index in [4.69, 9.17) is 11.6 Å². The first-order chi connectivity index (χ1) is 16.4. The number of anilines is 3. The van der Waals surface area contributed by atoms with Crippen LogP contribution in [-0.2, 0) is 25.8 Å². The Labute approximate surface area is 204 Å². The molecular formula is C23H19ClF3N3O4S. The molecule has 0 fully saturated rings. The number of sulfonamides is 1. The SMILES string of the molecule is CC(=O)Nc1ccc(NC(=O)CN(c2cc(C(F)(F)F)ccc2Cl)S(=O)(=O)c2ccccc2)cc1. The Hall–Kier alpha value is -3.57. The Morgan fingerprint density at radius 3 is 2.03 bits per heavy atom. The number of nitrogens with one attached hydrogen (secondary N) is 2. The first-order valence-electron chi connectivity index (χ1n) is 10.00. The smallest absolute Gasteiger partial charge is 0.326 e. The van der Waals surface area contributed by atoms with Crippen LogP contribution in [0, 0.1) is 0 Å². The number of carbonyl (C=O) groups excluding carboxylic acids is 2. The van der Waals surface area contributed by atoms with Crippen LogP contribution in [0.1, 0.15) is 12.5 Å². The molecule has 12 heteroatoms. The first-order valence-corrected chi connectivity index (χ1v) is 11.8. The van der Waals surface area contributed by atoms with Crippen molar-refractivity contribution in [1.29, 1.82) is 0 Å². The Balaban J connectivity index is 1.97. The van der Waals surface area contributed by atoms with Gasteiger partial charge in [0.05, 0.1) is 21.2 Å². The summed E-state index contributed by atoms with van der Waals surface area (Å²) in [5.74, 6) is -1.12. The molecule has 3 rings (SSSR count). The minimum absolute atomic E-state index is 0.235. The predicted octanol–water partition coefficient (Wildman–Crippen LogP) is 5.15. The summed E-state index contributed by atoms with van der Waals surface area (Å²) in [7, 11) is -4.47. The molecule has 0 atom stereocenters. The van der Waals surface area contributed by atoms with Crippen LogP contribution in [0.3, 0.4) is 0 Å². The summed E-state index contributed by atoms with van der Waals surface area (Å²) in [5.41, 5.74) is -0.878. The highest BCUT2D eigenvalue weighted by atomic mass is 35.5. The predicted molar refractivity (Wildman–Crippen MR) is 127 cm³/mol. The molecule has 0 aliphatic rings. The minimum Gasteiger partial charge on any atom is -0.326 e. The second-order valence-corrected chi connectivity index (χ2v) is 9.56. The molecule has 2 N–H and O–H groups in total. The van der Waals surface area contributed by atoms with Gasteiger partial charge >= 0.3 is 6.18 Å². The van der Waals surface area contributed by atoms with Crippen LogP contribution < -0.4 is 14.9 Å². The molecule has 0 saturated carbocycles. The minimum atomic E-state index is -4.76. The molecule has 184 valence electrons. The van der Waals surface area contributed by atoms with Crippen molar-refractivity contribution in [3.8, 4) is 0 Å². The van der Waals surface area contributed by atoms with Crippen molar-refractivity contribution in [2.45, 2.75) is 18.0 Å². The average Bonchev–Trinajstić information content (AvgIpc) is 2.79. The second kappa shape index (κ2) is 10.4. The van der Waals surface area contributed by atoms with Crippen molar-refractivity contribution in [1.82, 2.24) is 0 Å². The molecule has 3 aromatic rings. The number of amides is 2. The highest BCUT2D eigenvalue weighted by Gasteiger charge is 2.34. The average molecular weight is 526 g/mol. The highest BCUT2D eigenvalue weighted by molar-refractivity contribution is 7.92. The standard InChI is InChI=1S/C23H19ClF3N3O4S/c1-15(31)28-17-8-10-18(11-9-17)29-22(32)14-30(35(33,34)19-5-3-2-4-6-19)21-13-16(23(25,26)27)7-12-20(21)24/h2-13H,14H2,1H3,(H,28,31)(H,29,32). The zero-order valence-corrected chi connectivity index (χ0v) is 19.7.